The number of hydrogen-bond donors (Lipinski definition) is 3. The maximum absolute atomic E-state index is 13.6. The van der Waals surface area contributed by atoms with E-state index in [1.807, 2.05) is 4.72 Å². The molecule has 0 atom stereocenters. The zero-order valence-electron chi connectivity index (χ0n) is 11.5. The topological polar surface area (TPSA) is 96.0 Å². The average Bonchev–Trinajstić information content (AvgIpc) is 2.33. The van der Waals surface area contributed by atoms with E-state index in [0.717, 1.165) is 0 Å². The number of hydrogen-bond acceptors (Lipinski definition) is 3. The van der Waals surface area contributed by atoms with Crippen LogP contribution in [-0.4, -0.2) is 19.8 Å². The van der Waals surface area contributed by atoms with Crippen LogP contribution in [0.5, 0.6) is 0 Å². The van der Waals surface area contributed by atoms with Crippen LogP contribution in [0, 0.1) is 22.9 Å². The van der Waals surface area contributed by atoms with Gasteiger partial charge in [-0.15, -0.1) is 0 Å². The number of halogens is 3. The molecule has 0 aliphatic rings. The van der Waals surface area contributed by atoms with Crippen molar-refractivity contribution in [2.75, 3.05) is 0 Å². The molecule has 9 heteroatoms. The molecule has 21 heavy (non-hydrogen) atoms. The van der Waals surface area contributed by atoms with Crippen LogP contribution >= 0.6 is 0 Å². The first-order valence-electron chi connectivity index (χ1n) is 6.12. The molecule has 0 amide bonds. The molecule has 0 saturated heterocycles. The first-order valence-corrected chi connectivity index (χ1v) is 7.61. The van der Waals surface area contributed by atoms with Gasteiger partial charge in [0, 0.05) is 12.1 Å². The van der Waals surface area contributed by atoms with E-state index in [-0.39, 0.29) is 25.0 Å². The van der Waals surface area contributed by atoms with Crippen molar-refractivity contribution in [2.45, 2.75) is 37.1 Å². The van der Waals surface area contributed by atoms with Gasteiger partial charge in [-0.05, 0) is 12.8 Å². The van der Waals surface area contributed by atoms with E-state index < -0.39 is 43.7 Å². The Kier molecular flexibility index (Phi) is 5.00. The Hall–Kier alpha value is -1.61. The Bertz CT molecular complexity index is 635. The lowest BCUT2D eigenvalue weighted by atomic mass is 9.93. The molecule has 0 unspecified atom stereocenters. The summed E-state index contributed by atoms with van der Waals surface area (Å²) in [4.78, 5) is -1.29. The van der Waals surface area contributed by atoms with Crippen LogP contribution in [0.4, 0.5) is 13.2 Å². The highest BCUT2D eigenvalue weighted by molar-refractivity contribution is 7.89. The molecule has 5 nitrogen and oxygen atoms in total. The van der Waals surface area contributed by atoms with E-state index in [9.17, 15) is 21.6 Å². The largest absolute Gasteiger partial charge is 0.386 e. The standard InChI is InChI=1S/C12H16F3N3O2S/c1-3-12(4-2,11(16)17)18-21(19,20)10-8(14)5-7(13)6-9(10)15/h5-6,18H,3-4H2,1-2H3,(H3,16,17). The summed E-state index contributed by atoms with van der Waals surface area (Å²) in [6.07, 6.45) is 0.227. The van der Waals surface area contributed by atoms with Crippen molar-refractivity contribution in [3.8, 4) is 0 Å². The molecule has 0 saturated carbocycles. The molecule has 0 aliphatic heterocycles. The molecule has 0 bridgehead atoms. The molecule has 0 aromatic heterocycles. The molecule has 0 spiro atoms. The van der Waals surface area contributed by atoms with Crippen molar-refractivity contribution in [1.29, 1.82) is 5.41 Å². The highest BCUT2D eigenvalue weighted by atomic mass is 32.2. The fourth-order valence-corrected chi connectivity index (χ4v) is 3.57. The van der Waals surface area contributed by atoms with Crippen molar-refractivity contribution in [2.24, 2.45) is 5.73 Å². The zero-order chi connectivity index (χ0) is 16.4. The lowest BCUT2D eigenvalue weighted by Gasteiger charge is -2.31. The first-order chi connectivity index (χ1) is 9.59. The van der Waals surface area contributed by atoms with Gasteiger partial charge in [0.05, 0.1) is 5.54 Å². The molecule has 118 valence electrons. The van der Waals surface area contributed by atoms with Crippen molar-refractivity contribution >= 4 is 15.9 Å². The number of benzene rings is 1. The SMILES string of the molecule is CCC(CC)(NS(=O)(=O)c1c(F)cc(F)cc1F)C(=N)N. The summed E-state index contributed by atoms with van der Waals surface area (Å²) in [5, 5.41) is 7.49. The number of amidine groups is 1. The maximum atomic E-state index is 13.6. The third kappa shape index (κ3) is 3.35. The molecular weight excluding hydrogens is 307 g/mol. The summed E-state index contributed by atoms with van der Waals surface area (Å²) in [5.74, 6) is -4.80. The Labute approximate surface area is 120 Å². The Morgan fingerprint density at radius 3 is 2.00 bits per heavy atom. The summed E-state index contributed by atoms with van der Waals surface area (Å²) >= 11 is 0. The van der Waals surface area contributed by atoms with Crippen LogP contribution < -0.4 is 10.5 Å². The van der Waals surface area contributed by atoms with Gasteiger partial charge >= 0.3 is 0 Å². The molecule has 1 aromatic rings. The summed E-state index contributed by atoms with van der Waals surface area (Å²) in [5.41, 5.74) is 3.93. The normalized spacial score (nSPS) is 12.4. The van der Waals surface area contributed by atoms with E-state index in [1.54, 1.807) is 13.8 Å². The van der Waals surface area contributed by atoms with Gasteiger partial charge in [0.2, 0.25) is 10.0 Å². The molecule has 4 N–H and O–H groups in total. The third-order valence-corrected chi connectivity index (χ3v) is 4.87. The second-order valence-corrected chi connectivity index (χ2v) is 6.13. The van der Waals surface area contributed by atoms with Crippen molar-refractivity contribution in [3.63, 3.8) is 0 Å². The Morgan fingerprint density at radius 2 is 1.67 bits per heavy atom. The molecule has 1 aromatic carbocycles. The number of rotatable bonds is 6. The summed E-state index contributed by atoms with van der Waals surface area (Å²) in [6.45, 7) is 3.15. The maximum Gasteiger partial charge on any atom is 0.247 e. The van der Waals surface area contributed by atoms with Crippen molar-refractivity contribution in [3.05, 3.63) is 29.6 Å². The van der Waals surface area contributed by atoms with E-state index in [2.05, 4.69) is 0 Å². The van der Waals surface area contributed by atoms with Gasteiger partial charge in [-0.2, -0.15) is 4.72 Å². The fraction of sp³-hybridized carbons (Fsp3) is 0.417. The van der Waals surface area contributed by atoms with E-state index >= 15 is 0 Å². The molecule has 0 heterocycles. The second-order valence-electron chi connectivity index (χ2n) is 4.51. The lowest BCUT2D eigenvalue weighted by molar-refractivity contribution is 0.447. The van der Waals surface area contributed by atoms with Gasteiger partial charge in [-0.25, -0.2) is 21.6 Å². The minimum Gasteiger partial charge on any atom is -0.386 e. The number of nitrogens with one attached hydrogen (secondary N) is 2. The van der Waals surface area contributed by atoms with E-state index in [0.29, 0.717) is 0 Å². The molecule has 0 aliphatic carbocycles. The highest BCUT2D eigenvalue weighted by Gasteiger charge is 2.37. The van der Waals surface area contributed by atoms with Crippen LogP contribution in [0.25, 0.3) is 0 Å². The van der Waals surface area contributed by atoms with Gasteiger partial charge in [-0.1, -0.05) is 13.8 Å². The monoisotopic (exact) mass is 323 g/mol. The van der Waals surface area contributed by atoms with Gasteiger partial charge in [0.15, 0.2) is 4.90 Å². The summed E-state index contributed by atoms with van der Waals surface area (Å²) < 4.78 is 66.4. The minimum absolute atomic E-state index is 0.114. The van der Waals surface area contributed by atoms with Gasteiger partial charge in [0.1, 0.15) is 23.3 Å². The van der Waals surface area contributed by atoms with Gasteiger partial charge < -0.3 is 5.73 Å². The van der Waals surface area contributed by atoms with Crippen LogP contribution in [0.3, 0.4) is 0 Å². The van der Waals surface area contributed by atoms with Crippen molar-refractivity contribution in [1.82, 2.24) is 4.72 Å². The number of nitrogens with two attached hydrogens (primary N) is 1. The first kappa shape index (κ1) is 17.4. The molecule has 0 radical (unpaired) electrons. The number of sulfonamides is 1. The quantitative estimate of drug-likeness (QED) is 0.551. The third-order valence-electron chi connectivity index (χ3n) is 3.28. The Balaban J connectivity index is 3.40. The predicted molar refractivity (Wildman–Crippen MR) is 71.9 cm³/mol. The van der Waals surface area contributed by atoms with Gasteiger partial charge in [-0.3, -0.25) is 5.41 Å². The lowest BCUT2D eigenvalue weighted by Crippen LogP contribution is -2.56. The summed E-state index contributed by atoms with van der Waals surface area (Å²) in [7, 11) is -4.65. The van der Waals surface area contributed by atoms with Crippen LogP contribution in [0.1, 0.15) is 26.7 Å². The van der Waals surface area contributed by atoms with E-state index in [1.165, 1.54) is 0 Å². The highest BCUT2D eigenvalue weighted by Crippen LogP contribution is 2.24. The van der Waals surface area contributed by atoms with Crippen LogP contribution in [0.15, 0.2) is 17.0 Å². The van der Waals surface area contributed by atoms with Crippen LogP contribution in [0.2, 0.25) is 0 Å². The average molecular weight is 323 g/mol. The molecular formula is C12H16F3N3O2S. The smallest absolute Gasteiger partial charge is 0.247 e. The Morgan fingerprint density at radius 1 is 1.24 bits per heavy atom. The second kappa shape index (κ2) is 6.02. The fourth-order valence-electron chi connectivity index (χ4n) is 1.92. The minimum atomic E-state index is -4.65. The van der Waals surface area contributed by atoms with Crippen LogP contribution in [-0.2, 0) is 10.0 Å². The summed E-state index contributed by atoms with van der Waals surface area (Å²) in [6, 6.07) is 0.538. The predicted octanol–water partition coefficient (Wildman–Crippen LogP) is 1.88. The van der Waals surface area contributed by atoms with Crippen molar-refractivity contribution < 1.29 is 21.6 Å². The van der Waals surface area contributed by atoms with E-state index in [4.69, 9.17) is 11.1 Å². The molecule has 1 rings (SSSR count). The molecule has 0 fully saturated rings. The van der Waals surface area contributed by atoms with Gasteiger partial charge in [0.25, 0.3) is 0 Å². The zero-order valence-corrected chi connectivity index (χ0v) is 12.3.